The van der Waals surface area contributed by atoms with Crippen LogP contribution in [0.1, 0.15) is 38.4 Å². The number of likely N-dealkylation sites (tertiary alicyclic amines) is 1. The van der Waals surface area contributed by atoms with E-state index in [1.807, 2.05) is 6.20 Å². The van der Waals surface area contributed by atoms with Crippen molar-refractivity contribution < 1.29 is 0 Å². The summed E-state index contributed by atoms with van der Waals surface area (Å²) in [6.45, 7) is 11.7. The molecule has 5 nitrogen and oxygen atoms in total. The summed E-state index contributed by atoms with van der Waals surface area (Å²) < 4.78 is 2.28. The Balaban J connectivity index is 1.52. The maximum atomic E-state index is 4.58. The van der Waals surface area contributed by atoms with Crippen molar-refractivity contribution in [3.05, 3.63) is 18.2 Å². The van der Waals surface area contributed by atoms with Gasteiger partial charge in [-0.25, -0.2) is 4.98 Å². The number of imidazole rings is 1. The third-order valence-corrected chi connectivity index (χ3v) is 5.61. The fourth-order valence-electron chi connectivity index (χ4n) is 3.96. The molecule has 5 heteroatoms. The monoisotopic (exact) mass is 319 g/mol. The molecule has 2 saturated heterocycles. The third kappa shape index (κ3) is 4.55. The third-order valence-electron chi connectivity index (χ3n) is 5.61. The number of piperazine rings is 1. The van der Waals surface area contributed by atoms with Crippen molar-refractivity contribution in [1.82, 2.24) is 24.3 Å². The number of hydrogen-bond acceptors (Lipinski definition) is 4. The zero-order valence-corrected chi connectivity index (χ0v) is 15.0. The van der Waals surface area contributed by atoms with Crippen molar-refractivity contribution in [3.63, 3.8) is 0 Å². The van der Waals surface area contributed by atoms with E-state index < -0.39 is 0 Å². The zero-order chi connectivity index (χ0) is 16.1. The summed E-state index contributed by atoms with van der Waals surface area (Å²) in [5.41, 5.74) is 0. The molecular weight excluding hydrogens is 286 g/mol. The molecule has 1 aromatic heterocycles. The second-order valence-electron chi connectivity index (χ2n) is 7.18. The highest BCUT2D eigenvalue weighted by molar-refractivity contribution is 4.94. The molecule has 0 saturated carbocycles. The van der Waals surface area contributed by atoms with Crippen LogP contribution >= 0.6 is 0 Å². The topological polar surface area (TPSA) is 27.5 Å². The molecule has 0 bridgehead atoms. The molecule has 3 rings (SSSR count). The summed E-state index contributed by atoms with van der Waals surface area (Å²) in [7, 11) is 2.23. The van der Waals surface area contributed by atoms with Crippen molar-refractivity contribution in [2.45, 2.75) is 51.7 Å². The number of piperidine rings is 1. The number of hydrogen-bond donors (Lipinski definition) is 0. The summed E-state index contributed by atoms with van der Waals surface area (Å²) in [5, 5.41) is 0. The molecule has 0 spiro atoms. The minimum absolute atomic E-state index is 0.741. The largest absolute Gasteiger partial charge is 0.334 e. The van der Waals surface area contributed by atoms with Crippen LogP contribution in [0.4, 0.5) is 0 Å². The van der Waals surface area contributed by atoms with Gasteiger partial charge < -0.3 is 14.4 Å². The van der Waals surface area contributed by atoms with Gasteiger partial charge in [-0.2, -0.15) is 0 Å². The van der Waals surface area contributed by atoms with Gasteiger partial charge >= 0.3 is 0 Å². The van der Waals surface area contributed by atoms with Crippen LogP contribution in [0.2, 0.25) is 0 Å². The Kier molecular flexibility index (Phi) is 6.08. The molecule has 0 unspecified atom stereocenters. The fraction of sp³-hybridized carbons (Fsp3) is 0.833. The summed E-state index contributed by atoms with van der Waals surface area (Å²) in [5.74, 6) is 1.24. The number of nitrogens with zero attached hydrogens (tertiary/aromatic N) is 5. The van der Waals surface area contributed by atoms with E-state index in [2.05, 4.69) is 44.4 Å². The predicted octanol–water partition coefficient (Wildman–Crippen LogP) is 1.90. The van der Waals surface area contributed by atoms with Crippen LogP contribution in [-0.2, 0) is 13.1 Å². The number of aryl methyl sites for hydroxylation is 1. The van der Waals surface area contributed by atoms with E-state index in [-0.39, 0.29) is 0 Å². The molecule has 2 aliphatic rings. The Morgan fingerprint density at radius 3 is 2.74 bits per heavy atom. The van der Waals surface area contributed by atoms with Crippen LogP contribution in [0.25, 0.3) is 0 Å². The molecule has 23 heavy (non-hydrogen) atoms. The van der Waals surface area contributed by atoms with E-state index in [0.29, 0.717) is 0 Å². The van der Waals surface area contributed by atoms with Gasteiger partial charge in [0.1, 0.15) is 5.82 Å². The van der Waals surface area contributed by atoms with Crippen LogP contribution in [0.3, 0.4) is 0 Å². The Bertz CT molecular complexity index is 464. The Hall–Kier alpha value is -0.910. The van der Waals surface area contributed by atoms with Gasteiger partial charge in [0.05, 0.1) is 6.54 Å². The molecule has 2 aliphatic heterocycles. The molecule has 2 fully saturated rings. The van der Waals surface area contributed by atoms with E-state index in [9.17, 15) is 0 Å². The molecule has 3 heterocycles. The number of rotatable bonds is 6. The fourth-order valence-corrected chi connectivity index (χ4v) is 3.96. The summed E-state index contributed by atoms with van der Waals surface area (Å²) in [4.78, 5) is 12.4. The van der Waals surface area contributed by atoms with Crippen LogP contribution in [0, 0.1) is 0 Å². The second-order valence-corrected chi connectivity index (χ2v) is 7.18. The van der Waals surface area contributed by atoms with E-state index in [1.165, 1.54) is 70.8 Å². The first-order valence-corrected chi connectivity index (χ1v) is 9.41. The van der Waals surface area contributed by atoms with Crippen LogP contribution in [0.15, 0.2) is 12.4 Å². The quantitative estimate of drug-likeness (QED) is 0.800. The lowest BCUT2D eigenvalue weighted by Gasteiger charge is -2.38. The number of aromatic nitrogens is 2. The maximum Gasteiger partial charge on any atom is 0.122 e. The minimum Gasteiger partial charge on any atom is -0.334 e. The van der Waals surface area contributed by atoms with Gasteiger partial charge in [-0.05, 0) is 46.3 Å². The molecule has 0 aromatic carbocycles. The summed E-state index contributed by atoms with van der Waals surface area (Å²) in [6.07, 6.45) is 9.47. The SMILES string of the molecule is CCn1ccnc1CN1CCCC[C@@H]1CCN1CCN(C)CC1. The lowest BCUT2D eigenvalue weighted by Crippen LogP contribution is -2.47. The molecule has 130 valence electrons. The standard InChI is InChI=1S/C18H33N5/c1-3-22-11-8-19-18(22)16-23-9-5-4-6-17(23)7-10-21-14-12-20(2)13-15-21/h8,11,17H,3-7,9-10,12-16H2,1-2H3/t17-/m1/s1. The highest BCUT2D eigenvalue weighted by Crippen LogP contribution is 2.22. The predicted molar refractivity (Wildman–Crippen MR) is 94.5 cm³/mol. The lowest BCUT2D eigenvalue weighted by molar-refractivity contribution is 0.0990. The normalized spacial score (nSPS) is 25.0. The molecule has 0 amide bonds. The van der Waals surface area contributed by atoms with Gasteiger partial charge in [0, 0.05) is 51.2 Å². The van der Waals surface area contributed by atoms with E-state index in [4.69, 9.17) is 0 Å². The molecule has 1 aromatic rings. The van der Waals surface area contributed by atoms with Gasteiger partial charge in [0.25, 0.3) is 0 Å². The average Bonchev–Trinajstić information content (AvgIpc) is 3.03. The Morgan fingerprint density at radius 2 is 1.96 bits per heavy atom. The Morgan fingerprint density at radius 1 is 1.13 bits per heavy atom. The van der Waals surface area contributed by atoms with Crippen molar-refractivity contribution in [2.24, 2.45) is 0 Å². The summed E-state index contributed by atoms with van der Waals surface area (Å²) >= 11 is 0. The van der Waals surface area contributed by atoms with Gasteiger partial charge in [-0.1, -0.05) is 6.42 Å². The lowest BCUT2D eigenvalue weighted by atomic mass is 9.99. The van der Waals surface area contributed by atoms with Crippen molar-refractivity contribution in [2.75, 3.05) is 46.3 Å². The first-order chi connectivity index (χ1) is 11.3. The van der Waals surface area contributed by atoms with Gasteiger partial charge in [-0.15, -0.1) is 0 Å². The van der Waals surface area contributed by atoms with Crippen LogP contribution in [0.5, 0.6) is 0 Å². The van der Waals surface area contributed by atoms with Crippen molar-refractivity contribution in [1.29, 1.82) is 0 Å². The molecule has 0 N–H and O–H groups in total. The van der Waals surface area contributed by atoms with Gasteiger partial charge in [-0.3, -0.25) is 4.90 Å². The first kappa shape index (κ1) is 16.9. The highest BCUT2D eigenvalue weighted by atomic mass is 15.3. The van der Waals surface area contributed by atoms with Gasteiger partial charge in [0.15, 0.2) is 0 Å². The Labute approximate surface area is 141 Å². The zero-order valence-electron chi connectivity index (χ0n) is 15.0. The second kappa shape index (κ2) is 8.27. The summed E-state index contributed by atoms with van der Waals surface area (Å²) in [6, 6.07) is 0.741. The molecule has 1 atom stereocenters. The van der Waals surface area contributed by atoms with E-state index >= 15 is 0 Å². The van der Waals surface area contributed by atoms with Crippen LogP contribution in [-0.4, -0.2) is 76.6 Å². The van der Waals surface area contributed by atoms with E-state index in [1.54, 1.807) is 0 Å². The molecule has 0 radical (unpaired) electrons. The molecular formula is C18H33N5. The average molecular weight is 319 g/mol. The minimum atomic E-state index is 0.741. The highest BCUT2D eigenvalue weighted by Gasteiger charge is 2.24. The van der Waals surface area contributed by atoms with Gasteiger partial charge in [0.2, 0.25) is 0 Å². The number of likely N-dealkylation sites (N-methyl/N-ethyl adjacent to an activating group) is 1. The van der Waals surface area contributed by atoms with Crippen molar-refractivity contribution in [3.8, 4) is 0 Å². The molecule has 0 aliphatic carbocycles. The van der Waals surface area contributed by atoms with Crippen molar-refractivity contribution >= 4 is 0 Å². The smallest absolute Gasteiger partial charge is 0.122 e. The maximum absolute atomic E-state index is 4.58. The van der Waals surface area contributed by atoms with Crippen LogP contribution < -0.4 is 0 Å². The first-order valence-electron chi connectivity index (χ1n) is 9.41. The van der Waals surface area contributed by atoms with E-state index in [0.717, 1.165) is 19.1 Å².